The van der Waals surface area contributed by atoms with E-state index in [4.69, 9.17) is 0 Å². The van der Waals surface area contributed by atoms with Crippen LogP contribution in [0.1, 0.15) is 71.6 Å². The van der Waals surface area contributed by atoms with E-state index in [2.05, 4.69) is 13.8 Å². The predicted molar refractivity (Wildman–Crippen MR) is 59.9 cm³/mol. The summed E-state index contributed by atoms with van der Waals surface area (Å²) in [6.07, 6.45) is 13.4. The van der Waals surface area contributed by atoms with E-state index in [1.807, 2.05) is 0 Å². The zero-order valence-electron chi connectivity index (χ0n) is 9.52. The van der Waals surface area contributed by atoms with Gasteiger partial charge in [0.2, 0.25) is 0 Å². The molecule has 78 valence electrons. The van der Waals surface area contributed by atoms with Crippen molar-refractivity contribution in [1.29, 1.82) is 0 Å². The highest BCUT2D eigenvalue weighted by atomic mass is 14.3. The molecular formula is C13H26. The predicted octanol–water partition coefficient (Wildman–Crippen LogP) is 4.78. The molecule has 1 aliphatic rings. The summed E-state index contributed by atoms with van der Waals surface area (Å²) in [7, 11) is 0. The fraction of sp³-hybridized carbons (Fsp3) is 1.00. The van der Waals surface area contributed by atoms with Gasteiger partial charge in [0.1, 0.15) is 0 Å². The van der Waals surface area contributed by atoms with Crippen LogP contribution in [0.2, 0.25) is 0 Å². The Balaban J connectivity index is 2.05. The van der Waals surface area contributed by atoms with Crippen LogP contribution in [0.15, 0.2) is 0 Å². The van der Waals surface area contributed by atoms with Gasteiger partial charge in [-0.15, -0.1) is 0 Å². The van der Waals surface area contributed by atoms with Gasteiger partial charge in [-0.3, -0.25) is 0 Å². The Kier molecular flexibility index (Phi) is 5.50. The minimum absolute atomic E-state index is 1.10. The van der Waals surface area contributed by atoms with Crippen LogP contribution in [-0.4, -0.2) is 0 Å². The van der Waals surface area contributed by atoms with Crippen LogP contribution in [0.4, 0.5) is 0 Å². The van der Waals surface area contributed by atoms with Gasteiger partial charge in [-0.25, -0.2) is 0 Å². The van der Waals surface area contributed by atoms with E-state index in [9.17, 15) is 0 Å². The maximum atomic E-state index is 2.31. The van der Waals surface area contributed by atoms with Crippen molar-refractivity contribution in [2.24, 2.45) is 11.8 Å². The zero-order chi connectivity index (χ0) is 9.52. The molecule has 0 aromatic rings. The largest absolute Gasteiger partial charge is 0.0654 e. The van der Waals surface area contributed by atoms with Gasteiger partial charge in [0, 0.05) is 0 Å². The third-order valence-electron chi connectivity index (χ3n) is 3.58. The highest BCUT2D eigenvalue weighted by molar-refractivity contribution is 4.75. The summed E-state index contributed by atoms with van der Waals surface area (Å²) < 4.78 is 0. The Morgan fingerprint density at radius 2 is 1.31 bits per heavy atom. The fourth-order valence-electron chi connectivity index (χ4n) is 2.69. The van der Waals surface area contributed by atoms with Crippen LogP contribution in [-0.2, 0) is 0 Å². The van der Waals surface area contributed by atoms with Crippen LogP contribution in [0.25, 0.3) is 0 Å². The fourth-order valence-corrected chi connectivity index (χ4v) is 2.69. The van der Waals surface area contributed by atoms with Gasteiger partial charge < -0.3 is 0 Å². The van der Waals surface area contributed by atoms with E-state index in [1.54, 1.807) is 6.42 Å². The molecule has 0 spiro atoms. The van der Waals surface area contributed by atoms with Gasteiger partial charge in [-0.1, -0.05) is 65.2 Å². The Hall–Kier alpha value is 0. The Morgan fingerprint density at radius 1 is 0.846 bits per heavy atom. The van der Waals surface area contributed by atoms with Gasteiger partial charge >= 0.3 is 0 Å². The molecule has 1 saturated carbocycles. The van der Waals surface area contributed by atoms with Crippen LogP contribution < -0.4 is 0 Å². The van der Waals surface area contributed by atoms with Crippen molar-refractivity contribution >= 4 is 0 Å². The third-order valence-corrected chi connectivity index (χ3v) is 3.58. The molecule has 0 saturated heterocycles. The minimum atomic E-state index is 1.10. The molecule has 13 heavy (non-hydrogen) atoms. The SMILES string of the molecule is CCCCC1CCC(CCCC)C1. The summed E-state index contributed by atoms with van der Waals surface area (Å²) >= 11 is 0. The van der Waals surface area contributed by atoms with Gasteiger partial charge in [0.05, 0.1) is 0 Å². The summed E-state index contributed by atoms with van der Waals surface area (Å²) in [6.45, 7) is 4.62. The average molecular weight is 182 g/mol. The van der Waals surface area contributed by atoms with Gasteiger partial charge in [0.15, 0.2) is 0 Å². The monoisotopic (exact) mass is 182 g/mol. The maximum Gasteiger partial charge on any atom is -0.0412 e. The van der Waals surface area contributed by atoms with Crippen molar-refractivity contribution < 1.29 is 0 Å². The summed E-state index contributed by atoms with van der Waals surface area (Å²) in [5, 5.41) is 0. The van der Waals surface area contributed by atoms with Crippen LogP contribution in [0.5, 0.6) is 0 Å². The van der Waals surface area contributed by atoms with Gasteiger partial charge in [-0.2, -0.15) is 0 Å². The van der Waals surface area contributed by atoms with Crippen molar-refractivity contribution in [3.8, 4) is 0 Å². The van der Waals surface area contributed by atoms with Crippen LogP contribution in [0, 0.1) is 11.8 Å². The molecule has 0 aromatic heterocycles. The molecule has 0 aromatic carbocycles. The van der Waals surface area contributed by atoms with E-state index in [1.165, 1.54) is 51.4 Å². The number of rotatable bonds is 6. The second-order valence-electron chi connectivity index (χ2n) is 4.83. The lowest BCUT2D eigenvalue weighted by molar-refractivity contribution is 0.426. The van der Waals surface area contributed by atoms with E-state index in [0.717, 1.165) is 11.8 Å². The summed E-state index contributed by atoms with van der Waals surface area (Å²) in [5.74, 6) is 2.20. The molecule has 1 aliphatic carbocycles. The van der Waals surface area contributed by atoms with E-state index in [0.29, 0.717) is 0 Å². The standard InChI is InChI=1S/C13H26/c1-3-5-7-12-9-10-13(11-12)8-6-4-2/h12-13H,3-11H2,1-2H3. The molecule has 0 aliphatic heterocycles. The summed E-state index contributed by atoms with van der Waals surface area (Å²) in [4.78, 5) is 0. The second-order valence-corrected chi connectivity index (χ2v) is 4.83. The highest BCUT2D eigenvalue weighted by Gasteiger charge is 2.23. The van der Waals surface area contributed by atoms with Crippen molar-refractivity contribution in [2.45, 2.75) is 71.6 Å². The topological polar surface area (TPSA) is 0 Å². The third kappa shape index (κ3) is 4.15. The molecule has 0 radical (unpaired) electrons. The first-order valence-corrected chi connectivity index (χ1v) is 6.36. The molecule has 2 atom stereocenters. The average Bonchev–Trinajstić information content (AvgIpc) is 2.59. The number of unbranched alkanes of at least 4 members (excludes halogenated alkanes) is 2. The molecule has 0 bridgehead atoms. The molecule has 2 unspecified atom stereocenters. The smallest absolute Gasteiger partial charge is 0.0412 e. The summed E-state index contributed by atoms with van der Waals surface area (Å²) in [5.41, 5.74) is 0. The van der Waals surface area contributed by atoms with Gasteiger partial charge in [0.25, 0.3) is 0 Å². The Bertz CT molecular complexity index is 103. The van der Waals surface area contributed by atoms with Crippen molar-refractivity contribution in [3.05, 3.63) is 0 Å². The minimum Gasteiger partial charge on any atom is -0.0654 e. The molecule has 0 N–H and O–H groups in total. The lowest BCUT2D eigenvalue weighted by Crippen LogP contribution is -1.96. The van der Waals surface area contributed by atoms with Gasteiger partial charge in [-0.05, 0) is 18.3 Å². The Morgan fingerprint density at radius 3 is 1.69 bits per heavy atom. The molecule has 0 nitrogen and oxygen atoms in total. The number of hydrogen-bond acceptors (Lipinski definition) is 0. The first-order valence-electron chi connectivity index (χ1n) is 6.36. The zero-order valence-corrected chi connectivity index (χ0v) is 9.52. The first kappa shape index (κ1) is 11.1. The maximum absolute atomic E-state index is 2.31. The molecule has 0 heterocycles. The lowest BCUT2D eigenvalue weighted by Gasteiger charge is -2.10. The molecular weight excluding hydrogens is 156 g/mol. The molecule has 0 heteroatoms. The quantitative estimate of drug-likeness (QED) is 0.554. The summed E-state index contributed by atoms with van der Waals surface area (Å²) in [6, 6.07) is 0. The first-order chi connectivity index (χ1) is 6.36. The molecule has 1 fully saturated rings. The van der Waals surface area contributed by atoms with Crippen molar-refractivity contribution in [2.75, 3.05) is 0 Å². The highest BCUT2D eigenvalue weighted by Crippen LogP contribution is 2.36. The van der Waals surface area contributed by atoms with E-state index in [-0.39, 0.29) is 0 Å². The van der Waals surface area contributed by atoms with Crippen molar-refractivity contribution in [1.82, 2.24) is 0 Å². The van der Waals surface area contributed by atoms with E-state index >= 15 is 0 Å². The van der Waals surface area contributed by atoms with Crippen LogP contribution in [0.3, 0.4) is 0 Å². The second kappa shape index (κ2) is 6.45. The lowest BCUT2D eigenvalue weighted by atomic mass is 9.96. The normalized spacial score (nSPS) is 28.2. The van der Waals surface area contributed by atoms with Crippen LogP contribution >= 0.6 is 0 Å². The van der Waals surface area contributed by atoms with E-state index < -0.39 is 0 Å². The Labute approximate surface area is 84.1 Å². The number of hydrogen-bond donors (Lipinski definition) is 0. The molecule has 1 rings (SSSR count). The van der Waals surface area contributed by atoms with Crippen molar-refractivity contribution in [3.63, 3.8) is 0 Å². The molecule has 0 amide bonds.